The van der Waals surface area contributed by atoms with Gasteiger partial charge in [0.2, 0.25) is 17.2 Å². The van der Waals surface area contributed by atoms with E-state index in [-0.39, 0.29) is 10.9 Å². The monoisotopic (exact) mass is 552 g/mol. The van der Waals surface area contributed by atoms with Gasteiger partial charge in [0.1, 0.15) is 34.9 Å². The summed E-state index contributed by atoms with van der Waals surface area (Å²) in [5, 5.41) is 14.3. The van der Waals surface area contributed by atoms with Gasteiger partial charge in [-0.15, -0.1) is 11.8 Å². The fraction of sp³-hybridized carbons (Fsp3) is 0.296. The van der Waals surface area contributed by atoms with E-state index in [0.717, 1.165) is 6.07 Å². The van der Waals surface area contributed by atoms with Crippen LogP contribution in [0.1, 0.15) is 35.8 Å². The summed E-state index contributed by atoms with van der Waals surface area (Å²) in [5.74, 6) is -3.83. The number of hydrogen-bond acceptors (Lipinski definition) is 6. The topological polar surface area (TPSA) is 138 Å². The highest BCUT2D eigenvalue weighted by Crippen LogP contribution is 2.50. The maximum absolute atomic E-state index is 13.9. The summed E-state index contributed by atoms with van der Waals surface area (Å²) in [6.07, 6.45) is 1.31. The minimum absolute atomic E-state index is 0.0138. The van der Waals surface area contributed by atoms with Crippen molar-refractivity contribution in [1.82, 2.24) is 20.1 Å². The molecule has 5 rings (SSSR count). The standard InChI is InChI=1S/C27H25FN4O6S/c1-27(2)21(26(37)38)32-24(36)19(25(32)39-27)30-23(35)18(13-7-5-4-6-8-13)29-22(34)16-12-31(3)17-10-9-14(28)11-15(17)20(16)33/h4-12,18-19,21,25H,1-3H3,(H,29,34)(H,30,35)(H,37,38)/t18-,19-,21+,25-/m1/s1. The minimum Gasteiger partial charge on any atom is -0.480 e. The largest absolute Gasteiger partial charge is 0.480 e. The molecule has 0 saturated carbocycles. The first-order valence-electron chi connectivity index (χ1n) is 12.1. The number of β-lactam (4-membered cyclic amide) rings is 1. The van der Waals surface area contributed by atoms with Crippen molar-refractivity contribution in [3.63, 3.8) is 0 Å². The number of rotatable bonds is 6. The van der Waals surface area contributed by atoms with Gasteiger partial charge in [0.25, 0.3) is 5.91 Å². The van der Waals surface area contributed by atoms with E-state index in [2.05, 4.69) is 10.6 Å². The molecule has 2 aliphatic rings. The molecule has 0 aliphatic carbocycles. The molecule has 0 radical (unpaired) electrons. The molecule has 0 spiro atoms. The van der Waals surface area contributed by atoms with Crippen LogP contribution in [0.5, 0.6) is 0 Å². The molecule has 0 unspecified atom stereocenters. The van der Waals surface area contributed by atoms with Crippen LogP contribution in [-0.4, -0.2) is 60.5 Å². The average Bonchev–Trinajstić information content (AvgIpc) is 3.15. The van der Waals surface area contributed by atoms with Gasteiger partial charge in [-0.1, -0.05) is 30.3 Å². The van der Waals surface area contributed by atoms with Gasteiger partial charge < -0.3 is 25.2 Å². The van der Waals surface area contributed by atoms with Crippen LogP contribution in [-0.2, 0) is 21.4 Å². The third kappa shape index (κ3) is 4.44. The van der Waals surface area contributed by atoms with Gasteiger partial charge in [-0.25, -0.2) is 9.18 Å². The number of carbonyl (C=O) groups is 4. The zero-order valence-corrected chi connectivity index (χ0v) is 22.0. The molecular weight excluding hydrogens is 527 g/mol. The summed E-state index contributed by atoms with van der Waals surface area (Å²) in [6.45, 7) is 3.45. The van der Waals surface area contributed by atoms with Gasteiger partial charge >= 0.3 is 5.97 Å². The molecule has 2 fully saturated rings. The Kier molecular flexibility index (Phi) is 6.45. The van der Waals surface area contributed by atoms with E-state index in [4.69, 9.17) is 0 Å². The minimum atomic E-state index is -1.27. The predicted octanol–water partition coefficient (Wildman–Crippen LogP) is 1.78. The second-order valence-corrected chi connectivity index (χ2v) is 11.8. The van der Waals surface area contributed by atoms with Crippen LogP contribution >= 0.6 is 11.8 Å². The molecule has 1 aromatic heterocycles. The number of hydrogen-bond donors (Lipinski definition) is 3. The number of amides is 3. The van der Waals surface area contributed by atoms with Gasteiger partial charge in [-0.3, -0.25) is 19.2 Å². The molecule has 202 valence electrons. The van der Waals surface area contributed by atoms with Crippen molar-refractivity contribution < 1.29 is 28.7 Å². The number of aryl methyl sites for hydroxylation is 1. The molecule has 4 atom stereocenters. The van der Waals surface area contributed by atoms with E-state index in [1.54, 1.807) is 51.2 Å². The molecular formula is C27H25FN4O6S. The van der Waals surface area contributed by atoms with Crippen molar-refractivity contribution in [2.75, 3.05) is 0 Å². The number of carbonyl (C=O) groups excluding carboxylic acids is 3. The lowest BCUT2D eigenvalue weighted by molar-refractivity contribution is -0.161. The Morgan fingerprint density at radius 3 is 2.46 bits per heavy atom. The summed E-state index contributed by atoms with van der Waals surface area (Å²) in [4.78, 5) is 65.8. The lowest BCUT2D eigenvalue weighted by Crippen LogP contribution is -2.71. The van der Waals surface area contributed by atoms with Gasteiger partial charge in [0, 0.05) is 23.4 Å². The second-order valence-electron chi connectivity index (χ2n) is 10.0. The van der Waals surface area contributed by atoms with Crippen LogP contribution in [0, 0.1) is 5.82 Å². The number of pyridine rings is 1. The van der Waals surface area contributed by atoms with Gasteiger partial charge in [0.15, 0.2) is 0 Å². The van der Waals surface area contributed by atoms with Crippen LogP contribution in [0.25, 0.3) is 10.9 Å². The molecule has 0 bridgehead atoms. The number of halogens is 1. The molecule has 39 heavy (non-hydrogen) atoms. The summed E-state index contributed by atoms with van der Waals surface area (Å²) >= 11 is 1.28. The third-order valence-electron chi connectivity index (χ3n) is 7.04. The molecule has 2 aromatic carbocycles. The Bertz CT molecular complexity index is 1590. The number of fused-ring (bicyclic) bond motifs is 2. The van der Waals surface area contributed by atoms with Crippen molar-refractivity contribution in [3.8, 4) is 0 Å². The Balaban J connectivity index is 1.42. The first-order valence-corrected chi connectivity index (χ1v) is 13.0. The molecule has 2 aliphatic heterocycles. The van der Waals surface area contributed by atoms with E-state index in [1.165, 1.54) is 39.6 Å². The summed E-state index contributed by atoms with van der Waals surface area (Å²) < 4.78 is 14.6. The first kappa shape index (κ1) is 26.4. The Morgan fingerprint density at radius 1 is 1.10 bits per heavy atom. The number of benzene rings is 2. The van der Waals surface area contributed by atoms with Crippen molar-refractivity contribution >= 4 is 46.4 Å². The molecule has 2 saturated heterocycles. The van der Waals surface area contributed by atoms with E-state index in [9.17, 15) is 33.5 Å². The number of carboxylic acid groups (broad SMARTS) is 1. The third-order valence-corrected chi connectivity index (χ3v) is 8.61. The average molecular weight is 553 g/mol. The quantitative estimate of drug-likeness (QED) is 0.397. The number of aliphatic carboxylic acids is 1. The van der Waals surface area contributed by atoms with Crippen LogP contribution in [0.2, 0.25) is 0 Å². The van der Waals surface area contributed by atoms with Crippen molar-refractivity contribution in [2.45, 2.75) is 42.1 Å². The highest BCUT2D eigenvalue weighted by molar-refractivity contribution is 8.01. The van der Waals surface area contributed by atoms with E-state index < -0.39 is 63.2 Å². The first-order chi connectivity index (χ1) is 18.4. The molecule has 12 heteroatoms. The summed E-state index contributed by atoms with van der Waals surface area (Å²) in [6, 6.07) is 8.69. The smallest absolute Gasteiger partial charge is 0.327 e. The lowest BCUT2D eigenvalue weighted by Gasteiger charge is -2.44. The highest BCUT2D eigenvalue weighted by atomic mass is 32.2. The van der Waals surface area contributed by atoms with Gasteiger partial charge in [-0.05, 0) is 37.6 Å². The Morgan fingerprint density at radius 2 is 1.79 bits per heavy atom. The maximum Gasteiger partial charge on any atom is 0.327 e. The van der Waals surface area contributed by atoms with Crippen LogP contribution < -0.4 is 16.1 Å². The molecule has 3 heterocycles. The van der Waals surface area contributed by atoms with E-state index in [1.807, 2.05) is 0 Å². The predicted molar refractivity (Wildman–Crippen MR) is 141 cm³/mol. The summed E-state index contributed by atoms with van der Waals surface area (Å²) in [7, 11) is 1.61. The highest BCUT2D eigenvalue weighted by Gasteiger charge is 2.64. The Hall–Kier alpha value is -4.19. The maximum atomic E-state index is 13.9. The number of thioether (sulfide) groups is 1. The van der Waals surface area contributed by atoms with E-state index >= 15 is 0 Å². The van der Waals surface area contributed by atoms with Gasteiger partial charge in [0.05, 0.1) is 5.52 Å². The fourth-order valence-electron chi connectivity index (χ4n) is 5.16. The van der Waals surface area contributed by atoms with Crippen LogP contribution in [0.15, 0.2) is 59.5 Å². The van der Waals surface area contributed by atoms with E-state index in [0.29, 0.717) is 11.1 Å². The number of carboxylic acids is 1. The fourth-order valence-corrected chi connectivity index (χ4v) is 6.79. The van der Waals surface area contributed by atoms with Gasteiger partial charge in [-0.2, -0.15) is 0 Å². The normalized spacial score (nSPS) is 22.1. The zero-order valence-electron chi connectivity index (χ0n) is 21.2. The Labute approximate surface area is 226 Å². The summed E-state index contributed by atoms with van der Waals surface area (Å²) in [5.41, 5.74) is -0.146. The number of nitrogens with zero attached hydrogens (tertiary/aromatic N) is 2. The van der Waals surface area contributed by atoms with Crippen molar-refractivity contribution in [2.24, 2.45) is 7.05 Å². The lowest BCUT2D eigenvalue weighted by atomic mass is 9.95. The van der Waals surface area contributed by atoms with Crippen LogP contribution in [0.3, 0.4) is 0 Å². The van der Waals surface area contributed by atoms with Crippen molar-refractivity contribution in [1.29, 1.82) is 0 Å². The second kappa shape index (κ2) is 9.53. The van der Waals surface area contributed by atoms with Crippen molar-refractivity contribution in [3.05, 3.63) is 81.9 Å². The molecule has 3 aromatic rings. The molecule has 3 amide bonds. The number of nitrogens with one attached hydrogen (secondary N) is 2. The number of aromatic nitrogens is 1. The van der Waals surface area contributed by atoms with Crippen LogP contribution in [0.4, 0.5) is 4.39 Å². The molecule has 10 nitrogen and oxygen atoms in total. The SMILES string of the molecule is Cn1cc(C(=O)N[C@@H](C(=O)N[C@@H]2C(=O)N3[C@@H]2SC(C)(C)[C@@H]3C(=O)O)c2ccccc2)c(=O)c2cc(F)ccc21. The zero-order chi connectivity index (χ0) is 28.2. The molecule has 3 N–H and O–H groups in total.